The highest BCUT2D eigenvalue weighted by Crippen LogP contribution is 2.33. The maximum Gasteiger partial charge on any atom is 0.261 e. The van der Waals surface area contributed by atoms with Crippen LogP contribution < -0.4 is 0 Å². The first-order valence-corrected chi connectivity index (χ1v) is 7.94. The van der Waals surface area contributed by atoms with E-state index < -0.39 is 0 Å². The van der Waals surface area contributed by atoms with Gasteiger partial charge in [-0.25, -0.2) is 0 Å². The van der Waals surface area contributed by atoms with E-state index in [1.807, 2.05) is 0 Å². The van der Waals surface area contributed by atoms with Gasteiger partial charge >= 0.3 is 0 Å². The third kappa shape index (κ3) is 3.38. The molecule has 1 aliphatic carbocycles. The van der Waals surface area contributed by atoms with Gasteiger partial charge in [-0.15, -0.1) is 0 Å². The fourth-order valence-corrected chi connectivity index (χ4v) is 3.08. The molecule has 0 atom stereocenters. The summed E-state index contributed by atoms with van der Waals surface area (Å²) in [5.74, 6) is 1.56. The summed E-state index contributed by atoms with van der Waals surface area (Å²) in [5, 5.41) is 14.6. The number of hydrogen-bond donors (Lipinski definition) is 1. The topological polar surface area (TPSA) is 59.2 Å². The Hall–Kier alpha value is -1.55. The van der Waals surface area contributed by atoms with Crippen molar-refractivity contribution in [2.45, 2.75) is 50.9 Å². The molecule has 0 amide bonds. The minimum atomic E-state index is 0.104. The van der Waals surface area contributed by atoms with Crippen LogP contribution in [0.3, 0.4) is 0 Å². The number of nitrogens with zero attached hydrogens (tertiary/aromatic N) is 2. The first-order chi connectivity index (χ1) is 10.2. The molecule has 1 aromatic carbocycles. The van der Waals surface area contributed by atoms with Crippen LogP contribution in [-0.4, -0.2) is 15.2 Å². The summed E-state index contributed by atoms with van der Waals surface area (Å²) < 4.78 is 5.33. The van der Waals surface area contributed by atoms with Gasteiger partial charge in [0.05, 0.1) is 5.56 Å². The second-order valence-corrected chi connectivity index (χ2v) is 6.10. The molecule has 1 aliphatic rings. The van der Waals surface area contributed by atoms with E-state index >= 15 is 0 Å². The van der Waals surface area contributed by atoms with Crippen molar-refractivity contribution in [1.29, 1.82) is 0 Å². The number of aromatic hydroxyl groups is 1. The van der Waals surface area contributed by atoms with Gasteiger partial charge in [0.15, 0.2) is 5.82 Å². The van der Waals surface area contributed by atoms with E-state index in [2.05, 4.69) is 10.1 Å². The summed E-state index contributed by atoms with van der Waals surface area (Å²) in [6.45, 7) is 0. The van der Waals surface area contributed by atoms with Crippen LogP contribution in [0.2, 0.25) is 5.02 Å². The third-order valence-electron chi connectivity index (χ3n) is 4.10. The highest BCUT2D eigenvalue weighted by atomic mass is 35.5. The molecule has 0 spiro atoms. The molecule has 5 heteroatoms. The molecule has 3 rings (SSSR count). The molecule has 0 unspecified atom stereocenters. The van der Waals surface area contributed by atoms with Crippen molar-refractivity contribution < 1.29 is 9.63 Å². The van der Waals surface area contributed by atoms with E-state index in [1.54, 1.807) is 12.1 Å². The van der Waals surface area contributed by atoms with Crippen molar-refractivity contribution in [2.75, 3.05) is 0 Å². The Balaban J connectivity index is 1.83. The Kier molecular flexibility index (Phi) is 4.44. The van der Waals surface area contributed by atoms with Crippen LogP contribution in [0.5, 0.6) is 5.75 Å². The van der Waals surface area contributed by atoms with Crippen LogP contribution in [0.25, 0.3) is 11.5 Å². The summed E-state index contributed by atoms with van der Waals surface area (Å²) in [4.78, 5) is 4.48. The van der Waals surface area contributed by atoms with Crippen molar-refractivity contribution in [2.24, 2.45) is 0 Å². The zero-order valence-corrected chi connectivity index (χ0v) is 12.6. The van der Waals surface area contributed by atoms with Crippen LogP contribution in [-0.2, 0) is 0 Å². The number of aromatic nitrogens is 2. The van der Waals surface area contributed by atoms with E-state index in [-0.39, 0.29) is 5.75 Å². The van der Waals surface area contributed by atoms with Crippen LogP contribution in [0.1, 0.15) is 56.7 Å². The number of phenolic OH excluding ortho intramolecular Hbond substituents is 1. The molecule has 1 heterocycles. The SMILES string of the molecule is Oc1ccc(Cl)cc1-c1nc(C2CCCCCCC2)no1. The van der Waals surface area contributed by atoms with E-state index in [4.69, 9.17) is 16.1 Å². The Morgan fingerprint density at radius 2 is 1.81 bits per heavy atom. The summed E-state index contributed by atoms with van der Waals surface area (Å²) in [6, 6.07) is 4.82. The van der Waals surface area contributed by atoms with Crippen molar-refractivity contribution >= 4 is 11.6 Å². The molecule has 2 aromatic rings. The van der Waals surface area contributed by atoms with Gasteiger partial charge < -0.3 is 9.63 Å². The second kappa shape index (κ2) is 6.48. The van der Waals surface area contributed by atoms with E-state index in [0.29, 0.717) is 22.4 Å². The molecule has 0 radical (unpaired) electrons. The monoisotopic (exact) mass is 306 g/mol. The van der Waals surface area contributed by atoms with Crippen molar-refractivity contribution in [3.8, 4) is 17.2 Å². The molecule has 112 valence electrons. The normalized spacial score (nSPS) is 17.4. The van der Waals surface area contributed by atoms with Gasteiger partial charge in [-0.2, -0.15) is 4.98 Å². The number of rotatable bonds is 2. The van der Waals surface area contributed by atoms with Gasteiger partial charge in [0.25, 0.3) is 5.89 Å². The lowest BCUT2D eigenvalue weighted by molar-refractivity contribution is 0.391. The van der Waals surface area contributed by atoms with Gasteiger partial charge in [-0.3, -0.25) is 0 Å². The molecule has 0 saturated heterocycles. The van der Waals surface area contributed by atoms with Gasteiger partial charge in [0.2, 0.25) is 0 Å². The molecule has 4 nitrogen and oxygen atoms in total. The maximum absolute atomic E-state index is 9.90. The highest BCUT2D eigenvalue weighted by Gasteiger charge is 2.21. The third-order valence-corrected chi connectivity index (χ3v) is 4.34. The van der Waals surface area contributed by atoms with E-state index in [9.17, 15) is 5.11 Å². The number of hydrogen-bond acceptors (Lipinski definition) is 4. The summed E-state index contributed by atoms with van der Waals surface area (Å²) in [7, 11) is 0. The van der Waals surface area contributed by atoms with E-state index in [1.165, 1.54) is 38.2 Å². The first kappa shape index (κ1) is 14.4. The zero-order chi connectivity index (χ0) is 14.7. The Bertz CT molecular complexity index is 604. The van der Waals surface area contributed by atoms with Crippen LogP contribution in [0, 0.1) is 0 Å². The average molecular weight is 307 g/mol. The molecular weight excluding hydrogens is 288 g/mol. The minimum Gasteiger partial charge on any atom is -0.507 e. The van der Waals surface area contributed by atoms with Crippen LogP contribution >= 0.6 is 11.6 Å². The number of phenols is 1. The van der Waals surface area contributed by atoms with Gasteiger partial charge in [0.1, 0.15) is 5.75 Å². The largest absolute Gasteiger partial charge is 0.507 e. The van der Waals surface area contributed by atoms with E-state index in [0.717, 1.165) is 18.7 Å². The van der Waals surface area contributed by atoms with Gasteiger partial charge in [-0.1, -0.05) is 48.9 Å². The molecule has 1 aromatic heterocycles. The predicted octanol–water partition coefficient (Wildman–Crippen LogP) is 4.92. The highest BCUT2D eigenvalue weighted by molar-refractivity contribution is 6.30. The smallest absolute Gasteiger partial charge is 0.261 e. The zero-order valence-electron chi connectivity index (χ0n) is 11.9. The van der Waals surface area contributed by atoms with Crippen molar-refractivity contribution in [3.63, 3.8) is 0 Å². The van der Waals surface area contributed by atoms with Crippen LogP contribution in [0.4, 0.5) is 0 Å². The Labute approximate surface area is 129 Å². The average Bonchev–Trinajstić information content (AvgIpc) is 2.90. The number of halogens is 1. The summed E-state index contributed by atoms with van der Waals surface area (Å²) in [5.41, 5.74) is 0.493. The van der Waals surface area contributed by atoms with Crippen molar-refractivity contribution in [1.82, 2.24) is 10.1 Å². The molecule has 21 heavy (non-hydrogen) atoms. The molecule has 0 aliphatic heterocycles. The minimum absolute atomic E-state index is 0.104. The second-order valence-electron chi connectivity index (χ2n) is 5.66. The Morgan fingerprint density at radius 1 is 1.10 bits per heavy atom. The van der Waals surface area contributed by atoms with Gasteiger partial charge in [-0.05, 0) is 31.0 Å². The number of benzene rings is 1. The quantitative estimate of drug-likeness (QED) is 0.855. The molecule has 0 bridgehead atoms. The molecule has 1 fully saturated rings. The summed E-state index contributed by atoms with van der Waals surface area (Å²) in [6.07, 6.45) is 8.57. The molecule has 1 saturated carbocycles. The predicted molar refractivity (Wildman–Crippen MR) is 81.5 cm³/mol. The molecule has 1 N–H and O–H groups in total. The lowest BCUT2D eigenvalue weighted by Gasteiger charge is -2.15. The van der Waals surface area contributed by atoms with Crippen LogP contribution in [0.15, 0.2) is 22.7 Å². The standard InChI is InChI=1S/C16H19ClN2O2/c17-12-8-9-14(20)13(10-12)16-18-15(19-21-16)11-6-4-2-1-3-5-7-11/h8-11,20H,1-7H2. The lowest BCUT2D eigenvalue weighted by atomic mass is 9.91. The maximum atomic E-state index is 9.90. The fraction of sp³-hybridized carbons (Fsp3) is 0.500. The Morgan fingerprint density at radius 3 is 2.57 bits per heavy atom. The fourth-order valence-electron chi connectivity index (χ4n) is 2.90. The lowest BCUT2D eigenvalue weighted by Crippen LogP contribution is -2.04. The van der Waals surface area contributed by atoms with Gasteiger partial charge in [0, 0.05) is 10.9 Å². The molecular formula is C16H19ClN2O2. The first-order valence-electron chi connectivity index (χ1n) is 7.56. The summed E-state index contributed by atoms with van der Waals surface area (Å²) >= 11 is 5.96. The van der Waals surface area contributed by atoms with Crippen molar-refractivity contribution in [3.05, 3.63) is 29.0 Å².